The maximum Gasteiger partial charge on any atom is 0.325 e. The minimum atomic E-state index is -0.214. The highest BCUT2D eigenvalue weighted by molar-refractivity contribution is 5.90. The number of hydrogen-bond donors (Lipinski definition) is 1. The van der Waals surface area contributed by atoms with Gasteiger partial charge in [0.25, 0.3) is 0 Å². The molecule has 6 nitrogen and oxygen atoms in total. The van der Waals surface area contributed by atoms with E-state index in [2.05, 4.69) is 4.98 Å². The van der Waals surface area contributed by atoms with Gasteiger partial charge < -0.3 is 14.8 Å². The third-order valence-electron chi connectivity index (χ3n) is 2.43. The number of hydrogen-bond acceptors (Lipinski definition) is 3. The van der Waals surface area contributed by atoms with Crippen molar-refractivity contribution < 1.29 is 4.79 Å². The molecule has 0 aliphatic carbocycles. The maximum absolute atomic E-state index is 12.1. The highest BCUT2D eigenvalue weighted by Gasteiger charge is 2.18. The number of likely N-dealkylation sites (N-methyl/N-ethyl adjacent to an activating group) is 1. The van der Waals surface area contributed by atoms with Crippen molar-refractivity contribution >= 4 is 11.8 Å². The predicted molar refractivity (Wildman–Crippen MR) is 72.0 cm³/mol. The molecule has 0 radical (unpaired) electrons. The van der Waals surface area contributed by atoms with Crippen LogP contribution in [0.25, 0.3) is 0 Å². The summed E-state index contributed by atoms with van der Waals surface area (Å²) in [5.41, 5.74) is -0.214. The summed E-state index contributed by atoms with van der Waals surface area (Å²) in [6.45, 7) is 1.24. The topological polar surface area (TPSA) is 59.6 Å². The van der Waals surface area contributed by atoms with Crippen molar-refractivity contribution in [1.29, 1.82) is 0 Å². The van der Waals surface area contributed by atoms with Crippen LogP contribution in [0.2, 0.25) is 0 Å². The van der Waals surface area contributed by atoms with Crippen LogP contribution in [-0.4, -0.2) is 62.1 Å². The molecule has 0 aromatic carbocycles. The molecule has 0 aliphatic heterocycles. The van der Waals surface area contributed by atoms with Gasteiger partial charge >= 0.3 is 6.03 Å². The number of nitrogens with one attached hydrogen (secondary N) is 1. The molecular formula is C12H20N4O2. The van der Waals surface area contributed by atoms with Crippen LogP contribution in [0.3, 0.4) is 0 Å². The second-order valence-corrected chi connectivity index (χ2v) is 4.53. The Morgan fingerprint density at radius 1 is 1.17 bits per heavy atom. The Bertz CT molecular complexity index is 453. The first-order valence-corrected chi connectivity index (χ1v) is 5.74. The van der Waals surface area contributed by atoms with Crippen LogP contribution in [0.15, 0.2) is 23.0 Å². The minimum Gasteiger partial charge on any atom is -0.330 e. The van der Waals surface area contributed by atoms with Gasteiger partial charge in [-0.1, -0.05) is 6.07 Å². The molecule has 1 heterocycles. The highest BCUT2D eigenvalue weighted by atomic mass is 16.2. The Kier molecular flexibility index (Phi) is 4.91. The summed E-state index contributed by atoms with van der Waals surface area (Å²) < 4.78 is 0. The van der Waals surface area contributed by atoms with Crippen molar-refractivity contribution in [2.45, 2.75) is 0 Å². The van der Waals surface area contributed by atoms with Crippen LogP contribution in [-0.2, 0) is 0 Å². The number of nitrogens with zero attached hydrogens (tertiary/aromatic N) is 3. The first kappa shape index (κ1) is 14.2. The van der Waals surface area contributed by atoms with Gasteiger partial charge in [-0.25, -0.2) is 4.79 Å². The lowest BCUT2D eigenvalue weighted by Crippen LogP contribution is -2.43. The number of pyridine rings is 1. The zero-order chi connectivity index (χ0) is 13.7. The van der Waals surface area contributed by atoms with Gasteiger partial charge in [0, 0.05) is 33.3 Å². The number of urea groups is 1. The largest absolute Gasteiger partial charge is 0.330 e. The first-order chi connectivity index (χ1) is 8.41. The van der Waals surface area contributed by atoms with Crippen LogP contribution in [0.1, 0.15) is 0 Å². The van der Waals surface area contributed by atoms with E-state index in [1.807, 2.05) is 19.0 Å². The molecular weight excluding hydrogens is 232 g/mol. The molecule has 0 bridgehead atoms. The molecule has 1 aromatic heterocycles. The van der Waals surface area contributed by atoms with E-state index in [0.717, 1.165) is 6.54 Å². The number of anilines is 1. The fraction of sp³-hybridized carbons (Fsp3) is 0.500. The first-order valence-electron chi connectivity index (χ1n) is 5.74. The summed E-state index contributed by atoms with van der Waals surface area (Å²) in [7, 11) is 7.25. The zero-order valence-electron chi connectivity index (χ0n) is 11.3. The second-order valence-electron chi connectivity index (χ2n) is 4.53. The fourth-order valence-electron chi connectivity index (χ4n) is 1.45. The van der Waals surface area contributed by atoms with Gasteiger partial charge in [0.05, 0.1) is 0 Å². The van der Waals surface area contributed by atoms with Crippen LogP contribution >= 0.6 is 0 Å². The van der Waals surface area contributed by atoms with E-state index in [0.29, 0.717) is 12.4 Å². The number of carbonyl (C=O) groups excluding carboxylic acids is 1. The Morgan fingerprint density at radius 3 is 2.33 bits per heavy atom. The molecule has 0 atom stereocenters. The summed E-state index contributed by atoms with van der Waals surface area (Å²) in [5, 5.41) is 0. The molecule has 0 saturated carbocycles. The van der Waals surface area contributed by atoms with Crippen LogP contribution in [0.5, 0.6) is 0 Å². The highest BCUT2D eigenvalue weighted by Crippen LogP contribution is 2.09. The van der Waals surface area contributed by atoms with Crippen molar-refractivity contribution in [3.05, 3.63) is 28.6 Å². The van der Waals surface area contributed by atoms with Crippen molar-refractivity contribution in [1.82, 2.24) is 14.8 Å². The molecule has 0 unspecified atom stereocenters. The molecule has 0 fully saturated rings. The van der Waals surface area contributed by atoms with E-state index in [9.17, 15) is 9.59 Å². The van der Waals surface area contributed by atoms with Gasteiger partial charge in [-0.2, -0.15) is 0 Å². The normalized spacial score (nSPS) is 10.5. The van der Waals surface area contributed by atoms with Crippen LogP contribution in [0, 0.1) is 0 Å². The Labute approximate surface area is 107 Å². The van der Waals surface area contributed by atoms with Gasteiger partial charge in [-0.15, -0.1) is 0 Å². The number of aromatic amines is 1. The van der Waals surface area contributed by atoms with E-state index in [1.165, 1.54) is 11.0 Å². The van der Waals surface area contributed by atoms with Crippen molar-refractivity contribution in [3.63, 3.8) is 0 Å². The molecule has 1 rings (SSSR count). The van der Waals surface area contributed by atoms with Gasteiger partial charge in [0.15, 0.2) is 0 Å². The number of amides is 2. The predicted octanol–water partition coefficient (Wildman–Crippen LogP) is 0.424. The summed E-state index contributed by atoms with van der Waals surface area (Å²) in [4.78, 5) is 31.1. The Balaban J connectivity index is 2.96. The molecule has 2 amide bonds. The van der Waals surface area contributed by atoms with Gasteiger partial charge in [0.1, 0.15) is 5.82 Å². The lowest BCUT2D eigenvalue weighted by Gasteiger charge is -2.26. The van der Waals surface area contributed by atoms with Gasteiger partial charge in [-0.05, 0) is 20.2 Å². The van der Waals surface area contributed by atoms with E-state index in [-0.39, 0.29) is 11.6 Å². The number of aromatic nitrogens is 1. The summed E-state index contributed by atoms with van der Waals surface area (Å²) >= 11 is 0. The summed E-state index contributed by atoms with van der Waals surface area (Å²) in [6, 6.07) is 4.63. The second kappa shape index (κ2) is 6.20. The third kappa shape index (κ3) is 3.89. The molecule has 0 saturated heterocycles. The van der Waals surface area contributed by atoms with E-state index < -0.39 is 0 Å². The Morgan fingerprint density at radius 2 is 1.83 bits per heavy atom. The van der Waals surface area contributed by atoms with E-state index in [4.69, 9.17) is 0 Å². The maximum atomic E-state index is 12.1. The molecule has 6 heteroatoms. The minimum absolute atomic E-state index is 0.154. The number of rotatable bonds is 4. The van der Waals surface area contributed by atoms with E-state index in [1.54, 1.807) is 31.1 Å². The van der Waals surface area contributed by atoms with Crippen molar-refractivity contribution in [3.8, 4) is 0 Å². The molecule has 0 aliphatic rings. The molecule has 100 valence electrons. The molecule has 1 aromatic rings. The quantitative estimate of drug-likeness (QED) is 0.845. The number of carbonyl (C=O) groups is 1. The standard InChI is InChI=1S/C12H20N4O2/c1-14(2)8-9-16(12(18)15(3)4)10-6-5-7-11(17)13-10/h5-7H,8-9H2,1-4H3,(H,13,17). The van der Waals surface area contributed by atoms with E-state index >= 15 is 0 Å². The third-order valence-corrected chi connectivity index (χ3v) is 2.43. The van der Waals surface area contributed by atoms with Gasteiger partial charge in [-0.3, -0.25) is 9.69 Å². The summed E-state index contributed by atoms with van der Waals surface area (Å²) in [5.74, 6) is 0.517. The lowest BCUT2D eigenvalue weighted by atomic mass is 10.4. The lowest BCUT2D eigenvalue weighted by molar-refractivity contribution is 0.222. The van der Waals surface area contributed by atoms with Crippen molar-refractivity contribution in [2.75, 3.05) is 46.2 Å². The number of H-pyrrole nitrogens is 1. The fourth-order valence-corrected chi connectivity index (χ4v) is 1.45. The Hall–Kier alpha value is -1.82. The summed E-state index contributed by atoms with van der Waals surface area (Å²) in [6.07, 6.45) is 0. The van der Waals surface area contributed by atoms with Crippen LogP contribution < -0.4 is 10.5 Å². The zero-order valence-corrected chi connectivity index (χ0v) is 11.3. The van der Waals surface area contributed by atoms with Crippen molar-refractivity contribution in [2.24, 2.45) is 0 Å². The molecule has 18 heavy (non-hydrogen) atoms. The van der Waals surface area contributed by atoms with Crippen LogP contribution in [0.4, 0.5) is 10.6 Å². The molecule has 1 N–H and O–H groups in total. The molecule has 0 spiro atoms. The SMILES string of the molecule is CN(C)CCN(C(=O)N(C)C)c1cccc(=O)[nH]1. The average Bonchev–Trinajstić information content (AvgIpc) is 2.28. The van der Waals surface area contributed by atoms with Gasteiger partial charge in [0.2, 0.25) is 5.56 Å². The monoisotopic (exact) mass is 252 g/mol. The average molecular weight is 252 g/mol. The smallest absolute Gasteiger partial charge is 0.325 e.